The fraction of sp³-hybridized carbons (Fsp3) is 0.462. The lowest BCUT2D eigenvalue weighted by Crippen LogP contribution is -2.27. The molecule has 0 heterocycles. The highest BCUT2D eigenvalue weighted by molar-refractivity contribution is 5.84. The van der Waals surface area contributed by atoms with Crippen LogP contribution in [0.15, 0.2) is 30.3 Å². The van der Waals surface area contributed by atoms with E-state index in [4.69, 9.17) is 4.74 Å². The summed E-state index contributed by atoms with van der Waals surface area (Å²) in [5.41, 5.74) is 0.278. The van der Waals surface area contributed by atoms with Crippen LogP contribution in [-0.4, -0.2) is 11.7 Å². The first-order chi connectivity index (χ1) is 7.47. The average Bonchev–Trinajstić information content (AvgIpc) is 2.19. The second-order valence-corrected chi connectivity index (χ2v) is 3.99. The second-order valence-electron chi connectivity index (χ2n) is 3.99. The monoisotopic (exact) mass is 225 g/mol. The Labute approximate surface area is 99.3 Å². The number of hydrogen-bond acceptors (Lipinski definition) is 2. The minimum absolute atomic E-state index is 0. The molecule has 3 nitrogen and oxygen atoms in total. The van der Waals surface area contributed by atoms with Gasteiger partial charge in [0, 0.05) is 7.11 Å². The first-order valence-corrected chi connectivity index (χ1v) is 5.52. The zero-order valence-electron chi connectivity index (χ0n) is 10.7. The summed E-state index contributed by atoms with van der Waals surface area (Å²) < 4.78 is 5.09. The van der Waals surface area contributed by atoms with Gasteiger partial charge in [0.1, 0.15) is 5.60 Å². The van der Waals surface area contributed by atoms with E-state index in [1.165, 1.54) is 0 Å². The Balaban J connectivity index is 0. The SMILES string of the molecule is CC.CC(C)(C)OC(=O)Nc1ccccc1.[HH]. The van der Waals surface area contributed by atoms with Crippen LogP contribution in [0.2, 0.25) is 0 Å². The van der Waals surface area contributed by atoms with Crippen LogP contribution in [0, 0.1) is 0 Å². The summed E-state index contributed by atoms with van der Waals surface area (Å²) in [6.45, 7) is 9.49. The molecule has 0 bridgehead atoms. The molecule has 1 N–H and O–H groups in total. The van der Waals surface area contributed by atoms with E-state index >= 15 is 0 Å². The number of nitrogens with one attached hydrogen (secondary N) is 1. The van der Waals surface area contributed by atoms with Gasteiger partial charge in [-0.3, -0.25) is 5.32 Å². The lowest BCUT2D eigenvalue weighted by Gasteiger charge is -2.19. The van der Waals surface area contributed by atoms with Crippen LogP contribution in [0.3, 0.4) is 0 Å². The van der Waals surface area contributed by atoms with Gasteiger partial charge in [-0.05, 0) is 32.9 Å². The summed E-state index contributed by atoms with van der Waals surface area (Å²) in [5.74, 6) is 0. The Bertz CT molecular complexity index is 307. The van der Waals surface area contributed by atoms with Crippen molar-refractivity contribution in [2.24, 2.45) is 0 Å². The van der Waals surface area contributed by atoms with E-state index in [2.05, 4.69) is 5.32 Å². The molecule has 1 aromatic rings. The second kappa shape index (κ2) is 6.88. The molecule has 0 aliphatic heterocycles. The number of hydrogen-bond donors (Lipinski definition) is 1. The minimum Gasteiger partial charge on any atom is -0.444 e. The molecule has 0 unspecified atom stereocenters. The van der Waals surface area contributed by atoms with Crippen LogP contribution >= 0.6 is 0 Å². The Kier molecular flexibility index (Phi) is 6.23. The summed E-state index contributed by atoms with van der Waals surface area (Å²) >= 11 is 0. The molecule has 0 radical (unpaired) electrons. The number of ether oxygens (including phenoxy) is 1. The van der Waals surface area contributed by atoms with Crippen LogP contribution in [0.25, 0.3) is 0 Å². The summed E-state index contributed by atoms with van der Waals surface area (Å²) in [5, 5.41) is 2.64. The molecule has 1 rings (SSSR count). The van der Waals surface area contributed by atoms with Crippen molar-refractivity contribution in [1.82, 2.24) is 0 Å². The predicted octanol–water partition coefficient (Wildman–Crippen LogP) is 4.31. The number of carbonyl (C=O) groups excluding carboxylic acids is 1. The highest BCUT2D eigenvalue weighted by Crippen LogP contribution is 2.10. The molecule has 1 amide bonds. The molecule has 0 atom stereocenters. The fourth-order valence-corrected chi connectivity index (χ4v) is 0.943. The molecule has 0 spiro atoms. The third-order valence-corrected chi connectivity index (χ3v) is 1.42. The van der Waals surface area contributed by atoms with Gasteiger partial charge in [-0.15, -0.1) is 0 Å². The van der Waals surface area contributed by atoms with Crippen molar-refractivity contribution in [2.45, 2.75) is 40.2 Å². The normalized spacial score (nSPS) is 9.81. The topological polar surface area (TPSA) is 38.3 Å². The molecule has 0 fully saturated rings. The molecule has 0 saturated heterocycles. The summed E-state index contributed by atoms with van der Waals surface area (Å²) in [6.07, 6.45) is -0.427. The zero-order valence-corrected chi connectivity index (χ0v) is 10.7. The maximum Gasteiger partial charge on any atom is 0.412 e. The number of benzene rings is 1. The van der Waals surface area contributed by atoms with Gasteiger partial charge in [0.15, 0.2) is 0 Å². The van der Waals surface area contributed by atoms with Gasteiger partial charge in [0.2, 0.25) is 0 Å². The van der Waals surface area contributed by atoms with Crippen molar-refractivity contribution >= 4 is 11.8 Å². The van der Waals surface area contributed by atoms with E-state index < -0.39 is 11.7 Å². The summed E-state index contributed by atoms with van der Waals surface area (Å²) in [4.78, 5) is 11.3. The van der Waals surface area contributed by atoms with E-state index in [0.717, 1.165) is 5.69 Å². The number of rotatable bonds is 1. The largest absolute Gasteiger partial charge is 0.444 e. The number of para-hydroxylation sites is 1. The maximum absolute atomic E-state index is 11.3. The molecular formula is C13H23NO2. The zero-order chi connectivity index (χ0) is 12.6. The summed E-state index contributed by atoms with van der Waals surface area (Å²) in [7, 11) is 0. The Hall–Kier alpha value is -1.51. The van der Waals surface area contributed by atoms with Gasteiger partial charge in [0.05, 0.1) is 0 Å². The van der Waals surface area contributed by atoms with E-state index in [-0.39, 0.29) is 1.43 Å². The van der Waals surface area contributed by atoms with Crippen LogP contribution in [-0.2, 0) is 4.74 Å². The molecule has 0 aromatic heterocycles. The first-order valence-electron chi connectivity index (χ1n) is 5.52. The van der Waals surface area contributed by atoms with Crippen LogP contribution in [0.5, 0.6) is 0 Å². The third kappa shape index (κ3) is 6.87. The van der Waals surface area contributed by atoms with Crippen LogP contribution in [0.1, 0.15) is 36.0 Å². The van der Waals surface area contributed by atoms with E-state index in [1.807, 2.05) is 65.0 Å². The Morgan fingerprint density at radius 1 is 1.19 bits per heavy atom. The molecule has 0 aliphatic rings. The van der Waals surface area contributed by atoms with Crippen molar-refractivity contribution in [3.8, 4) is 0 Å². The Morgan fingerprint density at radius 3 is 2.12 bits per heavy atom. The van der Waals surface area contributed by atoms with Gasteiger partial charge in [-0.2, -0.15) is 0 Å². The van der Waals surface area contributed by atoms with Gasteiger partial charge in [-0.25, -0.2) is 4.79 Å². The molecule has 3 heteroatoms. The van der Waals surface area contributed by atoms with Crippen molar-refractivity contribution in [3.05, 3.63) is 30.3 Å². The molecule has 0 saturated carbocycles. The average molecular weight is 225 g/mol. The highest BCUT2D eigenvalue weighted by Gasteiger charge is 2.15. The smallest absolute Gasteiger partial charge is 0.412 e. The van der Waals surface area contributed by atoms with Crippen LogP contribution in [0.4, 0.5) is 10.5 Å². The van der Waals surface area contributed by atoms with Gasteiger partial charge in [-0.1, -0.05) is 32.0 Å². The quantitative estimate of drug-likeness (QED) is 0.773. The number of anilines is 1. The lowest BCUT2D eigenvalue weighted by molar-refractivity contribution is 0.0636. The standard InChI is InChI=1S/C11H15NO2.C2H6.H2/c1-11(2,3)14-10(13)12-9-7-5-4-6-8-9;1-2;/h4-8H,1-3H3,(H,12,13);1-2H3;1H. The van der Waals surface area contributed by atoms with E-state index in [0.29, 0.717) is 0 Å². The summed E-state index contributed by atoms with van der Waals surface area (Å²) in [6, 6.07) is 9.22. The van der Waals surface area contributed by atoms with Gasteiger partial charge < -0.3 is 4.74 Å². The first kappa shape index (κ1) is 14.5. The Morgan fingerprint density at radius 2 is 1.69 bits per heavy atom. The molecule has 16 heavy (non-hydrogen) atoms. The van der Waals surface area contributed by atoms with E-state index in [1.54, 1.807) is 0 Å². The molecular weight excluding hydrogens is 202 g/mol. The number of amides is 1. The third-order valence-electron chi connectivity index (χ3n) is 1.42. The number of carbonyl (C=O) groups is 1. The minimum atomic E-state index is -0.459. The predicted molar refractivity (Wildman–Crippen MR) is 69.8 cm³/mol. The molecule has 0 aliphatic carbocycles. The van der Waals surface area contributed by atoms with Crippen molar-refractivity contribution in [2.75, 3.05) is 5.32 Å². The molecule has 1 aromatic carbocycles. The lowest BCUT2D eigenvalue weighted by atomic mass is 10.2. The highest BCUT2D eigenvalue weighted by atomic mass is 16.6. The van der Waals surface area contributed by atoms with Gasteiger partial charge in [0.25, 0.3) is 0 Å². The van der Waals surface area contributed by atoms with Crippen molar-refractivity contribution in [3.63, 3.8) is 0 Å². The molecule has 92 valence electrons. The van der Waals surface area contributed by atoms with E-state index in [9.17, 15) is 4.79 Å². The van der Waals surface area contributed by atoms with Gasteiger partial charge >= 0.3 is 6.09 Å². The van der Waals surface area contributed by atoms with Crippen molar-refractivity contribution in [1.29, 1.82) is 0 Å². The van der Waals surface area contributed by atoms with Crippen LogP contribution < -0.4 is 5.32 Å². The fourth-order valence-electron chi connectivity index (χ4n) is 0.943. The maximum atomic E-state index is 11.3. The van der Waals surface area contributed by atoms with Crippen molar-refractivity contribution < 1.29 is 11.0 Å².